The van der Waals surface area contributed by atoms with Gasteiger partial charge in [0.05, 0.1) is 16.1 Å². The van der Waals surface area contributed by atoms with Crippen molar-refractivity contribution in [1.82, 2.24) is 20.5 Å². The van der Waals surface area contributed by atoms with Gasteiger partial charge in [0.25, 0.3) is 0 Å². The molecule has 0 radical (unpaired) electrons. The summed E-state index contributed by atoms with van der Waals surface area (Å²) in [7, 11) is 0. The number of hydrogen-bond donors (Lipinski definition) is 2. The van der Waals surface area contributed by atoms with Crippen LogP contribution in [0.3, 0.4) is 0 Å². The molecule has 1 aromatic heterocycles. The zero-order chi connectivity index (χ0) is 27.5. The van der Waals surface area contributed by atoms with Crippen LogP contribution in [-0.2, 0) is 20.9 Å². The summed E-state index contributed by atoms with van der Waals surface area (Å²) in [6.07, 6.45) is 3.08. The first-order valence-electron chi connectivity index (χ1n) is 12.7. The number of carbonyl (C=O) groups excluding carboxylic acids is 3. The number of likely N-dealkylation sites (tertiary alicyclic amines) is 1. The second kappa shape index (κ2) is 19.4. The summed E-state index contributed by atoms with van der Waals surface area (Å²) in [6, 6.07) is 7.82. The minimum Gasteiger partial charge on any atom is -0.359 e. The van der Waals surface area contributed by atoms with Gasteiger partial charge in [0, 0.05) is 19.6 Å². The molecule has 0 spiro atoms. The monoisotopic (exact) mass is 518 g/mol. The van der Waals surface area contributed by atoms with Crippen LogP contribution in [0.5, 0.6) is 0 Å². The van der Waals surface area contributed by atoms with E-state index in [9.17, 15) is 14.4 Å². The summed E-state index contributed by atoms with van der Waals surface area (Å²) >= 11 is 1.63. The smallest absolute Gasteiger partial charge is 0.243 e. The molecule has 3 rings (SSSR count). The molecule has 2 aromatic rings. The van der Waals surface area contributed by atoms with Crippen molar-refractivity contribution in [2.45, 2.75) is 80.8 Å². The molecule has 0 saturated carbocycles. The molecular formula is C28H46N4O3S. The van der Waals surface area contributed by atoms with Gasteiger partial charge in [0.1, 0.15) is 6.04 Å². The number of thiazole rings is 1. The lowest BCUT2D eigenvalue weighted by atomic mass is 10.1. The molecule has 2 N–H and O–H groups in total. The van der Waals surface area contributed by atoms with E-state index in [4.69, 9.17) is 0 Å². The molecule has 1 atom stereocenters. The van der Waals surface area contributed by atoms with Gasteiger partial charge in [-0.15, -0.1) is 11.3 Å². The summed E-state index contributed by atoms with van der Waals surface area (Å²) in [5.74, 6) is 1.59. The van der Waals surface area contributed by atoms with E-state index in [1.54, 1.807) is 16.2 Å². The molecule has 3 amide bonds. The zero-order valence-corrected chi connectivity index (χ0v) is 24.2. The average Bonchev–Trinajstić information content (AvgIpc) is 3.47. The number of rotatable bonds is 7. The number of amides is 3. The van der Waals surface area contributed by atoms with Gasteiger partial charge >= 0.3 is 0 Å². The van der Waals surface area contributed by atoms with Gasteiger partial charge in [-0.25, -0.2) is 4.98 Å². The molecule has 7 nitrogen and oxygen atoms in total. The van der Waals surface area contributed by atoms with Crippen LogP contribution in [0.2, 0.25) is 0 Å². The highest BCUT2D eigenvalue weighted by Crippen LogP contribution is 2.27. The van der Waals surface area contributed by atoms with E-state index in [1.807, 2.05) is 31.5 Å². The van der Waals surface area contributed by atoms with Gasteiger partial charge in [-0.2, -0.15) is 0 Å². The lowest BCUT2D eigenvalue weighted by molar-refractivity contribution is -0.131. The van der Waals surface area contributed by atoms with E-state index < -0.39 is 0 Å². The Bertz CT molecular complexity index is 854. The number of nitrogens with one attached hydrogen (secondary N) is 2. The zero-order valence-electron chi connectivity index (χ0n) is 23.3. The third kappa shape index (κ3) is 14.6. The predicted octanol–water partition coefficient (Wildman–Crippen LogP) is 5.43. The summed E-state index contributed by atoms with van der Waals surface area (Å²) in [5, 5.41) is 5.35. The van der Waals surface area contributed by atoms with E-state index in [-0.39, 0.29) is 11.9 Å². The third-order valence-electron chi connectivity index (χ3n) is 4.45. The topological polar surface area (TPSA) is 91.4 Å². The van der Waals surface area contributed by atoms with Gasteiger partial charge < -0.3 is 15.5 Å². The minimum absolute atomic E-state index is 0.0722. The number of hydrogen-bond acceptors (Lipinski definition) is 5. The molecule has 0 aliphatic carbocycles. The average molecular weight is 519 g/mol. The molecule has 0 bridgehead atoms. The quantitative estimate of drug-likeness (QED) is 0.478. The Morgan fingerprint density at radius 1 is 1.11 bits per heavy atom. The highest BCUT2D eigenvalue weighted by atomic mass is 32.1. The molecule has 8 heteroatoms. The number of carbonyl (C=O) groups is 3. The van der Waals surface area contributed by atoms with Crippen LogP contribution in [0.1, 0.15) is 72.6 Å². The Morgan fingerprint density at radius 3 is 2.11 bits per heavy atom. The summed E-state index contributed by atoms with van der Waals surface area (Å²) in [5.41, 5.74) is 5.06. The Labute approximate surface area is 222 Å². The van der Waals surface area contributed by atoms with Crippen LogP contribution < -0.4 is 10.6 Å². The third-order valence-corrected chi connectivity index (χ3v) is 5.43. The number of aromatic nitrogens is 1. The summed E-state index contributed by atoms with van der Waals surface area (Å²) < 4.78 is 0. The molecule has 1 aliphatic heterocycles. The van der Waals surface area contributed by atoms with E-state index in [1.165, 1.54) is 4.88 Å². The van der Waals surface area contributed by atoms with E-state index in [0.717, 1.165) is 54.5 Å². The van der Waals surface area contributed by atoms with Gasteiger partial charge in [-0.1, -0.05) is 65.8 Å². The molecular weight excluding hydrogens is 472 g/mol. The highest BCUT2D eigenvalue weighted by Gasteiger charge is 2.29. The Hall–Kier alpha value is -2.74. The number of nitrogens with zero attached hydrogens (tertiary/aromatic N) is 2. The van der Waals surface area contributed by atoms with Crippen LogP contribution in [0.25, 0.3) is 10.4 Å². The van der Waals surface area contributed by atoms with Crippen molar-refractivity contribution in [2.24, 2.45) is 11.8 Å². The van der Waals surface area contributed by atoms with Crippen molar-refractivity contribution in [1.29, 1.82) is 0 Å². The predicted molar refractivity (Wildman–Crippen MR) is 151 cm³/mol. The van der Waals surface area contributed by atoms with Crippen LogP contribution in [0.4, 0.5) is 0 Å². The second-order valence-corrected chi connectivity index (χ2v) is 10.7. The number of benzene rings is 1. The number of aryl methyl sites for hydroxylation is 1. The normalized spacial score (nSPS) is 13.9. The van der Waals surface area contributed by atoms with Crippen molar-refractivity contribution in [3.63, 3.8) is 0 Å². The van der Waals surface area contributed by atoms with Gasteiger partial charge in [-0.05, 0) is 49.7 Å². The molecule has 1 unspecified atom stereocenters. The maximum absolute atomic E-state index is 12.2. The molecule has 1 fully saturated rings. The van der Waals surface area contributed by atoms with Crippen molar-refractivity contribution in [2.75, 3.05) is 13.1 Å². The maximum Gasteiger partial charge on any atom is 0.243 e. The van der Waals surface area contributed by atoms with E-state index in [2.05, 4.69) is 69.3 Å². The molecule has 202 valence electrons. The second-order valence-electron chi connectivity index (χ2n) is 9.82. The fourth-order valence-electron chi connectivity index (χ4n) is 2.94. The van der Waals surface area contributed by atoms with Crippen LogP contribution >= 0.6 is 11.3 Å². The first-order chi connectivity index (χ1) is 17.1. The fraction of sp³-hybridized carbons (Fsp3) is 0.571. The Balaban J connectivity index is 0.000000784. The van der Waals surface area contributed by atoms with Crippen LogP contribution in [-0.4, -0.2) is 47.7 Å². The maximum atomic E-state index is 12.2. The largest absolute Gasteiger partial charge is 0.359 e. The summed E-state index contributed by atoms with van der Waals surface area (Å²) in [6.45, 7) is 18.7. The van der Waals surface area contributed by atoms with Gasteiger partial charge in [-0.3, -0.25) is 14.4 Å². The first kappa shape index (κ1) is 33.3. The molecule has 1 saturated heterocycles. The van der Waals surface area contributed by atoms with Crippen LogP contribution in [0, 0.1) is 18.8 Å². The molecule has 1 aliphatic rings. The van der Waals surface area contributed by atoms with Crippen molar-refractivity contribution in [3.8, 4) is 10.4 Å². The lowest BCUT2D eigenvalue weighted by Gasteiger charge is -2.19. The van der Waals surface area contributed by atoms with Crippen molar-refractivity contribution >= 4 is 30.1 Å². The lowest BCUT2D eigenvalue weighted by Crippen LogP contribution is -2.42. The van der Waals surface area contributed by atoms with E-state index in [0.29, 0.717) is 19.5 Å². The SMILES string of the molecule is CC(C)C.CC(C)C.CCNC=O.Cc1ncsc1-c1ccc(CNC(=O)C2CCCN2C=O)cc1. The van der Waals surface area contributed by atoms with Gasteiger partial charge in [0.15, 0.2) is 0 Å². The van der Waals surface area contributed by atoms with E-state index >= 15 is 0 Å². The van der Waals surface area contributed by atoms with Crippen molar-refractivity contribution < 1.29 is 14.4 Å². The molecule has 2 heterocycles. The highest BCUT2D eigenvalue weighted by molar-refractivity contribution is 7.13. The first-order valence-corrected chi connectivity index (χ1v) is 13.6. The molecule has 36 heavy (non-hydrogen) atoms. The molecule has 1 aromatic carbocycles. The minimum atomic E-state index is -0.313. The van der Waals surface area contributed by atoms with Crippen LogP contribution in [0.15, 0.2) is 29.8 Å². The van der Waals surface area contributed by atoms with Crippen molar-refractivity contribution in [3.05, 3.63) is 41.0 Å². The summed E-state index contributed by atoms with van der Waals surface area (Å²) in [4.78, 5) is 39.4. The Kier molecular flexibility index (Phi) is 18.0. The van der Waals surface area contributed by atoms with Gasteiger partial charge in [0.2, 0.25) is 18.7 Å². The standard InChI is InChI=1S/C17H19N3O2S.2C4H10.C3H7NO/c1-12-16(23-10-19-12)14-6-4-13(5-7-14)9-18-17(22)15-3-2-8-20(15)11-21;2*1-4(2)3;1-2-4-3-5/h4-7,10-11,15H,2-3,8-9H2,1H3,(H,18,22);2*4H,1-3H3;3H,2H2,1H3,(H,4,5). The fourth-order valence-corrected chi connectivity index (χ4v) is 3.75. The Morgan fingerprint density at radius 2 is 1.69 bits per heavy atom.